The van der Waals surface area contributed by atoms with Crippen LogP contribution in [0.1, 0.15) is 20.7 Å². The van der Waals surface area contributed by atoms with Gasteiger partial charge < -0.3 is 4.74 Å². The number of fused-ring (bicyclic) bond motifs is 1. The van der Waals surface area contributed by atoms with E-state index in [0.717, 1.165) is 16.8 Å². The highest BCUT2D eigenvalue weighted by Gasteiger charge is 2.20. The Bertz CT molecular complexity index is 1170. The van der Waals surface area contributed by atoms with Crippen molar-refractivity contribution in [1.29, 1.82) is 0 Å². The molecule has 0 saturated carbocycles. The zero-order valence-corrected chi connectivity index (χ0v) is 16.4. The second-order valence-electron chi connectivity index (χ2n) is 5.91. The second kappa shape index (κ2) is 8.10. The Balaban J connectivity index is 1.74. The van der Waals surface area contributed by atoms with Gasteiger partial charge in [0.2, 0.25) is 10.0 Å². The minimum absolute atomic E-state index is 0.0236. The third kappa shape index (κ3) is 4.22. The van der Waals surface area contributed by atoms with E-state index in [1.807, 2.05) is 30.3 Å². The summed E-state index contributed by atoms with van der Waals surface area (Å²) in [6.07, 6.45) is 0. The number of hydrogen-bond acceptors (Lipinski definition) is 5. The molecule has 3 aromatic carbocycles. The highest BCUT2D eigenvalue weighted by Crippen LogP contribution is 2.23. The Morgan fingerprint density at radius 3 is 2.36 bits per heavy atom. The van der Waals surface area contributed by atoms with E-state index >= 15 is 0 Å². The fourth-order valence-corrected chi connectivity index (χ4v) is 3.86. The maximum Gasteiger partial charge on any atom is 0.338 e. The summed E-state index contributed by atoms with van der Waals surface area (Å²) in [4.78, 5) is 24.3. The summed E-state index contributed by atoms with van der Waals surface area (Å²) in [6, 6.07) is 16.5. The highest BCUT2D eigenvalue weighted by molar-refractivity contribution is 7.89. The van der Waals surface area contributed by atoms with Crippen LogP contribution < -0.4 is 4.72 Å². The maximum absolute atomic E-state index is 12.3. The number of rotatable bonds is 6. The Morgan fingerprint density at radius 1 is 0.964 bits per heavy atom. The number of esters is 1. The molecular formula is C20H16ClNO5S. The standard InChI is InChI=1S/C20H16ClNO5S/c1-22-28(25,26)19-11-16(8-9-17(19)21)20(24)27-12-18(23)15-7-6-13-4-2-3-5-14(13)10-15/h2-11,22H,12H2,1H3. The van der Waals surface area contributed by atoms with Crippen molar-refractivity contribution in [3.8, 4) is 0 Å². The fraction of sp³-hybridized carbons (Fsp3) is 0.100. The summed E-state index contributed by atoms with van der Waals surface area (Å²) in [7, 11) is -2.60. The maximum atomic E-state index is 12.3. The number of benzene rings is 3. The molecule has 0 amide bonds. The lowest BCUT2D eigenvalue weighted by Crippen LogP contribution is -2.20. The monoisotopic (exact) mass is 417 g/mol. The summed E-state index contributed by atoms with van der Waals surface area (Å²) < 4.78 is 31.1. The highest BCUT2D eigenvalue weighted by atomic mass is 35.5. The van der Waals surface area contributed by atoms with Crippen molar-refractivity contribution >= 4 is 44.1 Å². The number of Topliss-reactive ketones (excluding diaryl/α,β-unsaturated/α-hetero) is 1. The molecule has 6 nitrogen and oxygen atoms in total. The molecule has 8 heteroatoms. The third-order valence-electron chi connectivity index (χ3n) is 4.13. The summed E-state index contributed by atoms with van der Waals surface area (Å²) in [5.74, 6) is -1.19. The molecule has 0 radical (unpaired) electrons. The molecule has 0 bridgehead atoms. The number of carbonyl (C=O) groups is 2. The Kier molecular flexibility index (Phi) is 5.79. The molecule has 0 aromatic heterocycles. The van der Waals surface area contributed by atoms with E-state index in [4.69, 9.17) is 16.3 Å². The van der Waals surface area contributed by atoms with Crippen molar-refractivity contribution in [1.82, 2.24) is 4.72 Å². The van der Waals surface area contributed by atoms with E-state index < -0.39 is 22.6 Å². The van der Waals surface area contributed by atoms with Crippen LogP contribution in [0.3, 0.4) is 0 Å². The molecule has 0 atom stereocenters. The number of ether oxygens (including phenoxy) is 1. The first-order valence-corrected chi connectivity index (χ1v) is 10.1. The number of sulfonamides is 1. The van der Waals surface area contributed by atoms with Crippen molar-refractivity contribution in [2.75, 3.05) is 13.7 Å². The van der Waals surface area contributed by atoms with Gasteiger partial charge in [0.05, 0.1) is 10.6 Å². The normalized spacial score (nSPS) is 11.4. The van der Waals surface area contributed by atoms with Gasteiger partial charge in [-0.05, 0) is 42.1 Å². The number of hydrogen-bond donors (Lipinski definition) is 1. The zero-order valence-electron chi connectivity index (χ0n) is 14.8. The van der Waals surface area contributed by atoms with E-state index in [1.165, 1.54) is 19.2 Å². The van der Waals surface area contributed by atoms with Crippen LogP contribution in [0.4, 0.5) is 0 Å². The quantitative estimate of drug-likeness (QED) is 0.490. The molecule has 0 heterocycles. The van der Waals surface area contributed by atoms with Crippen LogP contribution in [0.2, 0.25) is 5.02 Å². The van der Waals surface area contributed by atoms with E-state index in [0.29, 0.717) is 5.56 Å². The molecule has 0 aliphatic carbocycles. The number of nitrogens with one attached hydrogen (secondary N) is 1. The van der Waals surface area contributed by atoms with Gasteiger partial charge in [0.15, 0.2) is 12.4 Å². The average molecular weight is 418 g/mol. The fourth-order valence-electron chi connectivity index (χ4n) is 2.61. The van der Waals surface area contributed by atoms with E-state index in [9.17, 15) is 18.0 Å². The minimum atomic E-state index is -3.84. The van der Waals surface area contributed by atoms with Gasteiger partial charge >= 0.3 is 5.97 Å². The minimum Gasteiger partial charge on any atom is -0.454 e. The lowest BCUT2D eigenvalue weighted by molar-refractivity contribution is 0.0474. The number of carbonyl (C=O) groups excluding carboxylic acids is 2. The van der Waals surface area contributed by atoms with Gasteiger partial charge in [-0.3, -0.25) is 4.79 Å². The summed E-state index contributed by atoms with van der Waals surface area (Å²) >= 11 is 5.89. The van der Waals surface area contributed by atoms with Crippen LogP contribution in [0.15, 0.2) is 65.6 Å². The predicted molar refractivity (Wildman–Crippen MR) is 106 cm³/mol. The lowest BCUT2D eigenvalue weighted by Gasteiger charge is -2.08. The molecule has 0 aliphatic rings. The Labute approximate surface area is 167 Å². The molecule has 0 saturated heterocycles. The van der Waals surface area contributed by atoms with Crippen molar-refractivity contribution < 1.29 is 22.7 Å². The van der Waals surface area contributed by atoms with Crippen molar-refractivity contribution in [3.63, 3.8) is 0 Å². The van der Waals surface area contributed by atoms with Gasteiger partial charge in [-0.25, -0.2) is 17.9 Å². The zero-order chi connectivity index (χ0) is 20.3. The molecule has 0 unspecified atom stereocenters. The number of halogens is 1. The molecule has 3 aromatic rings. The van der Waals surface area contributed by atoms with Crippen molar-refractivity contribution in [3.05, 3.63) is 76.8 Å². The van der Waals surface area contributed by atoms with Gasteiger partial charge in [0.1, 0.15) is 4.90 Å². The van der Waals surface area contributed by atoms with Crippen LogP contribution in [-0.2, 0) is 14.8 Å². The van der Waals surface area contributed by atoms with E-state index in [1.54, 1.807) is 12.1 Å². The summed E-state index contributed by atoms with van der Waals surface area (Å²) in [6.45, 7) is -0.464. The van der Waals surface area contributed by atoms with Gasteiger partial charge in [0, 0.05) is 5.56 Å². The molecular weight excluding hydrogens is 402 g/mol. The molecule has 1 N–H and O–H groups in total. The van der Waals surface area contributed by atoms with Crippen LogP contribution in [0.25, 0.3) is 10.8 Å². The topological polar surface area (TPSA) is 89.5 Å². The summed E-state index contributed by atoms with van der Waals surface area (Å²) in [5.41, 5.74) is 0.394. The van der Waals surface area contributed by atoms with Gasteiger partial charge in [-0.2, -0.15) is 0 Å². The van der Waals surface area contributed by atoms with Crippen LogP contribution in [0.5, 0.6) is 0 Å². The Morgan fingerprint density at radius 2 is 1.64 bits per heavy atom. The first-order chi connectivity index (χ1) is 13.3. The lowest BCUT2D eigenvalue weighted by atomic mass is 10.0. The van der Waals surface area contributed by atoms with Crippen molar-refractivity contribution in [2.24, 2.45) is 0 Å². The third-order valence-corrected chi connectivity index (χ3v) is 6.03. The largest absolute Gasteiger partial charge is 0.454 e. The molecule has 3 rings (SSSR count). The molecule has 28 heavy (non-hydrogen) atoms. The second-order valence-corrected chi connectivity index (χ2v) is 8.18. The first-order valence-electron chi connectivity index (χ1n) is 8.24. The molecule has 0 spiro atoms. The molecule has 144 valence electrons. The average Bonchev–Trinajstić information content (AvgIpc) is 2.71. The predicted octanol–water partition coefficient (Wildman–Crippen LogP) is 3.44. The SMILES string of the molecule is CNS(=O)(=O)c1cc(C(=O)OCC(=O)c2ccc3ccccc3c2)ccc1Cl. The summed E-state index contributed by atoms with van der Waals surface area (Å²) in [5, 5.41) is 1.87. The first kappa shape index (κ1) is 20.0. The smallest absolute Gasteiger partial charge is 0.338 e. The number of ketones is 1. The molecule has 0 fully saturated rings. The van der Waals surface area contributed by atoms with E-state index in [2.05, 4.69) is 4.72 Å². The van der Waals surface area contributed by atoms with Crippen molar-refractivity contribution in [2.45, 2.75) is 4.90 Å². The van der Waals surface area contributed by atoms with Crippen LogP contribution in [-0.4, -0.2) is 33.8 Å². The molecule has 0 aliphatic heterocycles. The Hall–Kier alpha value is -2.74. The van der Waals surface area contributed by atoms with Gasteiger partial charge in [-0.15, -0.1) is 0 Å². The van der Waals surface area contributed by atoms with Gasteiger partial charge in [0.25, 0.3) is 0 Å². The van der Waals surface area contributed by atoms with Crippen LogP contribution in [0, 0.1) is 0 Å². The van der Waals surface area contributed by atoms with Gasteiger partial charge in [-0.1, -0.05) is 48.0 Å². The van der Waals surface area contributed by atoms with E-state index in [-0.39, 0.29) is 21.3 Å². The van der Waals surface area contributed by atoms with Crippen LogP contribution >= 0.6 is 11.6 Å².